The number of piperidine rings is 1. The van der Waals surface area contributed by atoms with Gasteiger partial charge in [0.05, 0.1) is 17.8 Å². The van der Waals surface area contributed by atoms with Crippen LogP contribution in [-0.2, 0) is 6.54 Å². The van der Waals surface area contributed by atoms with Crippen molar-refractivity contribution in [1.29, 1.82) is 0 Å². The maximum atomic E-state index is 11.0. The second-order valence-electron chi connectivity index (χ2n) is 8.20. The van der Waals surface area contributed by atoms with Crippen molar-refractivity contribution in [2.75, 3.05) is 6.54 Å². The van der Waals surface area contributed by atoms with Crippen molar-refractivity contribution >= 4 is 11.3 Å². The molecular formula is C22H26N4OS. The Hall–Kier alpha value is -2.02. The highest BCUT2D eigenvalue weighted by Gasteiger charge is 2.38. The van der Waals surface area contributed by atoms with Crippen molar-refractivity contribution in [2.45, 2.75) is 56.8 Å². The van der Waals surface area contributed by atoms with Crippen molar-refractivity contribution in [3.63, 3.8) is 0 Å². The van der Waals surface area contributed by atoms with Crippen molar-refractivity contribution in [1.82, 2.24) is 19.9 Å². The SMILES string of the molecule is Cc1ccc([C@H]2C[C@@H](O)[C@H](n3cc(C4CC4)nn3)CN2Cc2cccs2)cc1. The van der Waals surface area contributed by atoms with Crippen LogP contribution in [0.4, 0.5) is 0 Å². The van der Waals surface area contributed by atoms with Gasteiger partial charge < -0.3 is 5.11 Å². The summed E-state index contributed by atoms with van der Waals surface area (Å²) in [6.07, 6.45) is 4.76. The molecular weight excluding hydrogens is 368 g/mol. The van der Waals surface area contributed by atoms with Gasteiger partial charge in [-0.05, 0) is 43.2 Å². The summed E-state index contributed by atoms with van der Waals surface area (Å²) in [6, 6.07) is 13.2. The number of hydrogen-bond acceptors (Lipinski definition) is 5. The summed E-state index contributed by atoms with van der Waals surface area (Å²) in [6.45, 7) is 3.77. The zero-order valence-electron chi connectivity index (χ0n) is 16.1. The van der Waals surface area contributed by atoms with Gasteiger partial charge in [-0.25, -0.2) is 4.68 Å². The zero-order chi connectivity index (χ0) is 19.1. The molecule has 3 aromatic rings. The molecule has 1 aliphatic heterocycles. The average Bonchev–Trinajstić information content (AvgIpc) is 3.21. The Morgan fingerprint density at radius 1 is 1.18 bits per heavy atom. The molecule has 0 amide bonds. The molecule has 1 N–H and O–H groups in total. The van der Waals surface area contributed by atoms with E-state index in [-0.39, 0.29) is 12.1 Å². The van der Waals surface area contributed by atoms with Crippen LogP contribution < -0.4 is 0 Å². The number of likely N-dealkylation sites (tertiary alicyclic amines) is 1. The summed E-state index contributed by atoms with van der Waals surface area (Å²) >= 11 is 1.79. The summed E-state index contributed by atoms with van der Waals surface area (Å²) in [4.78, 5) is 3.84. The predicted molar refractivity (Wildman–Crippen MR) is 110 cm³/mol. The summed E-state index contributed by atoms with van der Waals surface area (Å²) in [5, 5.41) is 21.9. The standard InChI is InChI=1S/C22H26N4OS/c1-15-4-6-17(7-5-15)20-11-22(27)21(14-25(20)12-18-3-2-10-28-18)26-13-19(23-24-26)16-8-9-16/h2-7,10,13,16,20-22,27H,8-9,11-12,14H2,1H3/t20-,21-,22-/m1/s1. The van der Waals surface area contributed by atoms with E-state index in [4.69, 9.17) is 0 Å². The Labute approximate surface area is 169 Å². The van der Waals surface area contributed by atoms with Crippen molar-refractivity contribution in [2.24, 2.45) is 0 Å². The minimum absolute atomic E-state index is 0.0540. The third kappa shape index (κ3) is 3.64. The molecule has 6 heteroatoms. The highest BCUT2D eigenvalue weighted by atomic mass is 32.1. The van der Waals surface area contributed by atoms with Crippen molar-refractivity contribution < 1.29 is 5.11 Å². The van der Waals surface area contributed by atoms with Gasteiger partial charge in [-0.3, -0.25) is 4.90 Å². The van der Waals surface area contributed by atoms with Gasteiger partial charge in [0.1, 0.15) is 0 Å². The molecule has 5 rings (SSSR count). The highest BCUT2D eigenvalue weighted by Crippen LogP contribution is 2.40. The van der Waals surface area contributed by atoms with Crippen LogP contribution in [0.25, 0.3) is 0 Å². The first-order valence-corrected chi connectivity index (χ1v) is 11.0. The second kappa shape index (κ2) is 7.43. The molecule has 3 atom stereocenters. The molecule has 2 aliphatic rings. The number of aliphatic hydroxyl groups excluding tert-OH is 1. The van der Waals surface area contributed by atoms with Crippen LogP contribution in [0.2, 0.25) is 0 Å². The fourth-order valence-electron chi connectivity index (χ4n) is 4.22. The third-order valence-corrected chi connectivity index (χ3v) is 6.90. The molecule has 0 unspecified atom stereocenters. The van der Waals surface area contributed by atoms with E-state index >= 15 is 0 Å². The molecule has 28 heavy (non-hydrogen) atoms. The van der Waals surface area contributed by atoms with Crippen LogP contribution >= 0.6 is 11.3 Å². The first-order valence-electron chi connectivity index (χ1n) is 10.1. The van der Waals surface area contributed by atoms with Crippen LogP contribution in [0, 0.1) is 6.92 Å². The summed E-state index contributed by atoms with van der Waals surface area (Å²) in [5.41, 5.74) is 3.62. The lowest BCUT2D eigenvalue weighted by Gasteiger charge is -2.42. The molecule has 5 nitrogen and oxygen atoms in total. The number of rotatable bonds is 5. The van der Waals surface area contributed by atoms with Crippen LogP contribution in [0.5, 0.6) is 0 Å². The fourth-order valence-corrected chi connectivity index (χ4v) is 4.95. The monoisotopic (exact) mass is 394 g/mol. The zero-order valence-corrected chi connectivity index (χ0v) is 16.9. The molecule has 1 aliphatic carbocycles. The first kappa shape index (κ1) is 18.0. The summed E-state index contributed by atoms with van der Waals surface area (Å²) < 4.78 is 1.91. The minimum Gasteiger partial charge on any atom is -0.391 e. The van der Waals surface area contributed by atoms with E-state index in [9.17, 15) is 5.11 Å². The van der Waals surface area contributed by atoms with E-state index < -0.39 is 6.10 Å². The molecule has 2 fully saturated rings. The Morgan fingerprint density at radius 3 is 2.71 bits per heavy atom. The lowest BCUT2D eigenvalue weighted by molar-refractivity contribution is -0.0105. The van der Waals surface area contributed by atoms with Gasteiger partial charge >= 0.3 is 0 Å². The van der Waals surface area contributed by atoms with E-state index in [1.807, 2.05) is 4.68 Å². The Morgan fingerprint density at radius 2 is 2.00 bits per heavy atom. The van der Waals surface area contributed by atoms with Gasteiger partial charge in [0.25, 0.3) is 0 Å². The minimum atomic E-state index is -0.431. The molecule has 0 radical (unpaired) electrons. The summed E-state index contributed by atoms with van der Waals surface area (Å²) in [7, 11) is 0. The topological polar surface area (TPSA) is 54.2 Å². The van der Waals surface area contributed by atoms with Gasteiger partial charge in [0.15, 0.2) is 0 Å². The molecule has 0 spiro atoms. The number of thiophene rings is 1. The largest absolute Gasteiger partial charge is 0.391 e. The summed E-state index contributed by atoms with van der Waals surface area (Å²) in [5.74, 6) is 0.581. The predicted octanol–water partition coefficient (Wildman–Crippen LogP) is 4.07. The van der Waals surface area contributed by atoms with Gasteiger partial charge in [-0.2, -0.15) is 0 Å². The van der Waals surface area contributed by atoms with Gasteiger partial charge in [-0.1, -0.05) is 41.1 Å². The molecule has 1 saturated heterocycles. The van der Waals surface area contributed by atoms with Crippen molar-refractivity contribution in [3.05, 3.63) is 69.7 Å². The quantitative estimate of drug-likeness (QED) is 0.709. The second-order valence-corrected chi connectivity index (χ2v) is 9.24. The Balaban J connectivity index is 1.42. The van der Waals surface area contributed by atoms with Gasteiger partial charge in [0, 0.05) is 36.1 Å². The average molecular weight is 395 g/mol. The van der Waals surface area contributed by atoms with E-state index in [1.54, 1.807) is 11.3 Å². The maximum Gasteiger partial charge on any atom is 0.0923 e. The van der Waals surface area contributed by atoms with Crippen LogP contribution in [0.3, 0.4) is 0 Å². The van der Waals surface area contributed by atoms with E-state index in [2.05, 4.69) is 70.1 Å². The highest BCUT2D eigenvalue weighted by molar-refractivity contribution is 7.09. The number of benzene rings is 1. The smallest absolute Gasteiger partial charge is 0.0923 e. The van der Waals surface area contributed by atoms with Crippen LogP contribution in [-0.4, -0.2) is 37.6 Å². The number of hydrogen-bond donors (Lipinski definition) is 1. The number of aromatic nitrogens is 3. The Kier molecular flexibility index (Phi) is 4.78. The van der Waals surface area contributed by atoms with E-state index in [0.29, 0.717) is 12.3 Å². The van der Waals surface area contributed by atoms with E-state index in [1.165, 1.54) is 28.8 Å². The molecule has 3 heterocycles. The molecule has 146 valence electrons. The first-order chi connectivity index (χ1) is 13.7. The molecule has 1 saturated carbocycles. The third-order valence-electron chi connectivity index (χ3n) is 6.04. The lowest BCUT2D eigenvalue weighted by Crippen LogP contribution is -2.45. The molecule has 0 bridgehead atoms. The van der Waals surface area contributed by atoms with Gasteiger partial charge in [0.2, 0.25) is 0 Å². The maximum absolute atomic E-state index is 11.0. The normalized spacial score (nSPS) is 25.9. The van der Waals surface area contributed by atoms with Crippen LogP contribution in [0.1, 0.15) is 59.0 Å². The number of aryl methyl sites for hydroxylation is 1. The number of nitrogens with zero attached hydrogens (tertiary/aromatic N) is 4. The van der Waals surface area contributed by atoms with E-state index in [0.717, 1.165) is 18.8 Å². The fraction of sp³-hybridized carbons (Fsp3) is 0.455. The van der Waals surface area contributed by atoms with Crippen molar-refractivity contribution in [3.8, 4) is 0 Å². The van der Waals surface area contributed by atoms with Gasteiger partial charge in [-0.15, -0.1) is 16.4 Å². The lowest BCUT2D eigenvalue weighted by atomic mass is 9.90. The molecule has 1 aromatic carbocycles. The molecule has 2 aromatic heterocycles. The van der Waals surface area contributed by atoms with Crippen LogP contribution in [0.15, 0.2) is 48.0 Å². The number of aliphatic hydroxyl groups is 1. The Bertz CT molecular complexity index is 916.